The SMILES string of the molecule is Fc1ccc(-c2ccc3ccc4c(-c5c6ccccc6cc6ccccc56)ccc5ccc2c3c54)c2ccccc12. The van der Waals surface area contributed by atoms with Crippen molar-refractivity contribution in [3.8, 4) is 22.3 Å². The molecule has 0 heterocycles. The van der Waals surface area contributed by atoms with Crippen LogP contribution >= 0.6 is 0 Å². The molecule has 1 heteroatoms. The molecule has 0 amide bonds. The van der Waals surface area contributed by atoms with Crippen molar-refractivity contribution in [1.29, 1.82) is 0 Å². The molecule has 0 fully saturated rings. The van der Waals surface area contributed by atoms with Crippen molar-refractivity contribution in [3.63, 3.8) is 0 Å². The molecule has 0 spiro atoms. The zero-order valence-corrected chi connectivity index (χ0v) is 22.2. The van der Waals surface area contributed by atoms with Gasteiger partial charge in [-0.2, -0.15) is 0 Å². The molecule has 190 valence electrons. The largest absolute Gasteiger partial charge is 0.206 e. The second-order valence-electron chi connectivity index (χ2n) is 11.0. The number of hydrogen-bond donors (Lipinski definition) is 0. The molecule has 0 nitrogen and oxygen atoms in total. The van der Waals surface area contributed by atoms with Gasteiger partial charge in [-0.05, 0) is 93.6 Å². The van der Waals surface area contributed by atoms with Crippen LogP contribution in [0.3, 0.4) is 0 Å². The molecule has 0 aliphatic carbocycles. The molecule has 9 rings (SSSR count). The Kier molecular flexibility index (Phi) is 4.60. The van der Waals surface area contributed by atoms with Crippen LogP contribution in [0.4, 0.5) is 4.39 Å². The van der Waals surface area contributed by atoms with Crippen LogP contribution in [0.15, 0.2) is 140 Å². The number of benzene rings is 9. The van der Waals surface area contributed by atoms with Crippen LogP contribution in [-0.2, 0) is 0 Å². The van der Waals surface area contributed by atoms with Gasteiger partial charge in [0, 0.05) is 5.39 Å². The Labute approximate surface area is 236 Å². The summed E-state index contributed by atoms with van der Waals surface area (Å²) in [7, 11) is 0. The van der Waals surface area contributed by atoms with Crippen molar-refractivity contribution >= 4 is 64.6 Å². The van der Waals surface area contributed by atoms with Gasteiger partial charge in [-0.1, -0.05) is 127 Å². The lowest BCUT2D eigenvalue weighted by Crippen LogP contribution is -1.92. The van der Waals surface area contributed by atoms with Crippen molar-refractivity contribution in [2.24, 2.45) is 0 Å². The molecule has 0 aliphatic rings. The fourth-order valence-electron chi connectivity index (χ4n) is 7.05. The smallest absolute Gasteiger partial charge is 0.131 e. The first-order chi connectivity index (χ1) is 20.3. The molecular formula is C40H23F. The van der Waals surface area contributed by atoms with Gasteiger partial charge in [-0.15, -0.1) is 0 Å². The van der Waals surface area contributed by atoms with Crippen molar-refractivity contribution in [2.45, 2.75) is 0 Å². The van der Waals surface area contributed by atoms with E-state index in [1.807, 2.05) is 30.3 Å². The Morgan fingerprint density at radius 1 is 0.317 bits per heavy atom. The van der Waals surface area contributed by atoms with Crippen molar-refractivity contribution in [2.75, 3.05) is 0 Å². The highest BCUT2D eigenvalue weighted by Gasteiger charge is 2.18. The van der Waals surface area contributed by atoms with Crippen molar-refractivity contribution in [3.05, 3.63) is 145 Å². The van der Waals surface area contributed by atoms with Crippen molar-refractivity contribution < 1.29 is 4.39 Å². The van der Waals surface area contributed by atoms with E-state index >= 15 is 0 Å². The molecule has 9 aromatic rings. The fraction of sp³-hybridized carbons (Fsp3) is 0. The van der Waals surface area contributed by atoms with Gasteiger partial charge in [0.2, 0.25) is 0 Å². The Balaban J connectivity index is 1.42. The van der Waals surface area contributed by atoms with Gasteiger partial charge in [0.15, 0.2) is 0 Å². The molecule has 0 unspecified atom stereocenters. The zero-order valence-electron chi connectivity index (χ0n) is 22.2. The summed E-state index contributed by atoms with van der Waals surface area (Å²) in [4.78, 5) is 0. The minimum absolute atomic E-state index is 0.186. The van der Waals surface area contributed by atoms with E-state index in [1.54, 1.807) is 6.07 Å². The van der Waals surface area contributed by atoms with E-state index in [-0.39, 0.29) is 5.82 Å². The van der Waals surface area contributed by atoms with E-state index in [0.717, 1.165) is 16.5 Å². The molecule has 0 N–H and O–H groups in total. The van der Waals surface area contributed by atoms with Crippen LogP contribution < -0.4 is 0 Å². The lowest BCUT2D eigenvalue weighted by atomic mass is 9.84. The third-order valence-corrected chi connectivity index (χ3v) is 8.87. The Hall–Kier alpha value is -5.27. The van der Waals surface area contributed by atoms with Crippen LogP contribution in [0.25, 0.3) is 86.9 Å². The summed E-state index contributed by atoms with van der Waals surface area (Å²) in [5.74, 6) is -0.186. The highest BCUT2D eigenvalue weighted by molar-refractivity contribution is 6.29. The lowest BCUT2D eigenvalue weighted by molar-refractivity contribution is 0.640. The average Bonchev–Trinajstić information content (AvgIpc) is 3.03. The standard InChI is InChI=1S/C40H23F/c41-37-22-21-31(30-11-5-6-12-33(30)37)32-17-13-24-15-19-35-36(20-16-25-14-18-34(32)38(24)39(25)35)40-28-9-3-1-7-26(28)23-27-8-2-4-10-29(27)40/h1-23H. The van der Waals surface area contributed by atoms with Crippen LogP contribution in [0.1, 0.15) is 0 Å². The van der Waals surface area contributed by atoms with Gasteiger partial charge >= 0.3 is 0 Å². The summed E-state index contributed by atoms with van der Waals surface area (Å²) in [6.07, 6.45) is 0. The number of rotatable bonds is 2. The van der Waals surface area contributed by atoms with Gasteiger partial charge in [-0.25, -0.2) is 4.39 Å². The van der Waals surface area contributed by atoms with Gasteiger partial charge in [0.25, 0.3) is 0 Å². The van der Waals surface area contributed by atoms with Gasteiger partial charge in [0.05, 0.1) is 0 Å². The van der Waals surface area contributed by atoms with E-state index in [2.05, 4.69) is 103 Å². The number of halogens is 1. The first-order valence-electron chi connectivity index (χ1n) is 14.1. The summed E-state index contributed by atoms with van der Waals surface area (Å²) < 4.78 is 14.7. The maximum atomic E-state index is 14.7. The van der Waals surface area contributed by atoms with Crippen molar-refractivity contribution in [1.82, 2.24) is 0 Å². The fourth-order valence-corrected chi connectivity index (χ4v) is 7.05. The second kappa shape index (κ2) is 8.36. The first-order valence-corrected chi connectivity index (χ1v) is 14.1. The quantitative estimate of drug-likeness (QED) is 0.156. The Morgan fingerprint density at radius 2 is 0.780 bits per heavy atom. The summed E-state index contributed by atoms with van der Waals surface area (Å²) in [6, 6.07) is 49.0. The summed E-state index contributed by atoms with van der Waals surface area (Å²) in [6.45, 7) is 0. The molecule has 0 saturated carbocycles. The predicted molar refractivity (Wildman–Crippen MR) is 173 cm³/mol. The normalized spacial score (nSPS) is 12.0. The molecule has 0 aliphatic heterocycles. The Morgan fingerprint density at radius 3 is 1.44 bits per heavy atom. The van der Waals surface area contributed by atoms with E-state index in [9.17, 15) is 4.39 Å². The minimum Gasteiger partial charge on any atom is -0.206 e. The highest BCUT2D eigenvalue weighted by atomic mass is 19.1. The minimum atomic E-state index is -0.186. The topological polar surface area (TPSA) is 0 Å². The zero-order chi connectivity index (χ0) is 27.1. The number of fused-ring (bicyclic) bond motifs is 3. The van der Waals surface area contributed by atoms with E-state index < -0.39 is 0 Å². The summed E-state index contributed by atoms with van der Waals surface area (Å²) >= 11 is 0. The molecule has 0 bridgehead atoms. The van der Waals surface area contributed by atoms with E-state index in [0.29, 0.717) is 5.39 Å². The van der Waals surface area contributed by atoms with E-state index in [1.165, 1.54) is 65.0 Å². The lowest BCUT2D eigenvalue weighted by Gasteiger charge is -2.19. The van der Waals surface area contributed by atoms with Crippen LogP contribution in [0.2, 0.25) is 0 Å². The molecule has 0 aromatic heterocycles. The molecular weight excluding hydrogens is 499 g/mol. The van der Waals surface area contributed by atoms with E-state index in [4.69, 9.17) is 0 Å². The van der Waals surface area contributed by atoms with Gasteiger partial charge in [-0.3, -0.25) is 0 Å². The summed E-state index contributed by atoms with van der Waals surface area (Å²) in [5.41, 5.74) is 4.71. The Bertz CT molecular complexity index is 2430. The maximum Gasteiger partial charge on any atom is 0.131 e. The highest BCUT2D eigenvalue weighted by Crippen LogP contribution is 2.46. The van der Waals surface area contributed by atoms with Crippen LogP contribution in [-0.4, -0.2) is 0 Å². The second-order valence-corrected chi connectivity index (χ2v) is 11.0. The monoisotopic (exact) mass is 522 g/mol. The molecule has 0 saturated heterocycles. The van der Waals surface area contributed by atoms with Gasteiger partial charge < -0.3 is 0 Å². The molecule has 9 aromatic carbocycles. The maximum absolute atomic E-state index is 14.7. The molecule has 0 radical (unpaired) electrons. The number of hydrogen-bond acceptors (Lipinski definition) is 0. The first kappa shape index (κ1) is 22.5. The molecule has 0 atom stereocenters. The third kappa shape index (κ3) is 3.15. The summed E-state index contributed by atoms with van der Waals surface area (Å²) in [5, 5.41) is 14.0. The van der Waals surface area contributed by atoms with Crippen LogP contribution in [0, 0.1) is 5.82 Å². The predicted octanol–water partition coefficient (Wildman–Crippen LogP) is 11.5. The average molecular weight is 523 g/mol. The van der Waals surface area contributed by atoms with Gasteiger partial charge in [0.1, 0.15) is 5.82 Å². The third-order valence-electron chi connectivity index (χ3n) is 8.87. The molecule has 41 heavy (non-hydrogen) atoms. The van der Waals surface area contributed by atoms with Crippen LogP contribution in [0.5, 0.6) is 0 Å².